The molecule has 0 aliphatic heterocycles. The molecule has 0 aliphatic rings. The van der Waals surface area contributed by atoms with Gasteiger partial charge >= 0.3 is 5.97 Å². The molecule has 4 nitrogen and oxygen atoms in total. The highest BCUT2D eigenvalue weighted by Crippen LogP contribution is 2.13. The fourth-order valence-electron chi connectivity index (χ4n) is 0.860. The molecule has 0 spiro atoms. The molecule has 1 aromatic rings. The molecule has 0 fully saturated rings. The molecule has 0 aliphatic carbocycles. The zero-order chi connectivity index (χ0) is 10.0. The average Bonchev–Trinajstić information content (AvgIpc) is 2.08. The molecule has 13 heavy (non-hydrogen) atoms. The Labute approximate surface area is 73.3 Å². The summed E-state index contributed by atoms with van der Waals surface area (Å²) in [6.07, 6.45) is 0. The predicted octanol–water partition coefficient (Wildman–Crippen LogP) is 0.860. The second kappa shape index (κ2) is 3.22. The number of nitrogens with one attached hydrogen (secondary N) is 1. The van der Waals surface area contributed by atoms with E-state index in [1.807, 2.05) is 0 Å². The number of aliphatic carboxylic acids is 1. The monoisotopic (exact) mass is 182 g/mol. The molecule has 0 saturated carbocycles. The first-order chi connectivity index (χ1) is 6.02. The van der Waals surface area contributed by atoms with Crippen LogP contribution in [0.5, 0.6) is 0 Å². The van der Waals surface area contributed by atoms with Gasteiger partial charge in [-0.25, -0.2) is 9.18 Å². The van der Waals surface area contributed by atoms with Crippen LogP contribution in [-0.2, 0) is 4.79 Å². The molecule has 0 saturated heterocycles. The van der Waals surface area contributed by atoms with Crippen molar-refractivity contribution in [3.05, 3.63) is 29.6 Å². The Morgan fingerprint density at radius 1 is 1.54 bits per heavy atom. The number of carboxylic acid groups (broad SMARTS) is 1. The first kappa shape index (κ1) is 9.18. The fourth-order valence-corrected chi connectivity index (χ4v) is 0.860. The van der Waals surface area contributed by atoms with Gasteiger partial charge in [0.15, 0.2) is 0 Å². The molecule has 0 aromatic heterocycles. The lowest BCUT2D eigenvalue weighted by molar-refractivity contribution is -0.129. The standard InChI is InChI=1S/C8H7FN2O2/c9-4-1-2-6(10)5(3-4)7(11)8(12)13/h1-3,11H,10H2,(H,12,13). The van der Waals surface area contributed by atoms with E-state index in [9.17, 15) is 9.18 Å². The molecular formula is C8H7FN2O2. The van der Waals surface area contributed by atoms with Gasteiger partial charge in [0.05, 0.1) is 0 Å². The Morgan fingerprint density at radius 2 is 2.15 bits per heavy atom. The first-order valence-corrected chi connectivity index (χ1v) is 3.39. The van der Waals surface area contributed by atoms with E-state index >= 15 is 0 Å². The third kappa shape index (κ3) is 1.81. The van der Waals surface area contributed by atoms with Crippen LogP contribution in [0.25, 0.3) is 0 Å². The first-order valence-electron chi connectivity index (χ1n) is 3.39. The quantitative estimate of drug-likeness (QED) is 0.468. The molecule has 1 aromatic carbocycles. The molecular weight excluding hydrogens is 175 g/mol. The number of rotatable bonds is 2. The van der Waals surface area contributed by atoms with Gasteiger partial charge in [0.1, 0.15) is 11.5 Å². The van der Waals surface area contributed by atoms with Crippen molar-refractivity contribution >= 4 is 17.4 Å². The van der Waals surface area contributed by atoms with E-state index in [4.69, 9.17) is 16.2 Å². The van der Waals surface area contributed by atoms with E-state index in [0.29, 0.717) is 0 Å². The highest BCUT2D eigenvalue weighted by atomic mass is 19.1. The summed E-state index contributed by atoms with van der Waals surface area (Å²) in [6.45, 7) is 0. The highest BCUT2D eigenvalue weighted by molar-refractivity contribution is 6.42. The van der Waals surface area contributed by atoms with Crippen molar-refractivity contribution in [3.63, 3.8) is 0 Å². The van der Waals surface area contributed by atoms with Crippen molar-refractivity contribution in [2.45, 2.75) is 0 Å². The topological polar surface area (TPSA) is 87.2 Å². The zero-order valence-corrected chi connectivity index (χ0v) is 6.54. The number of hydrogen-bond donors (Lipinski definition) is 3. The summed E-state index contributed by atoms with van der Waals surface area (Å²) in [5, 5.41) is 15.5. The maximum Gasteiger partial charge on any atom is 0.354 e. The molecule has 68 valence electrons. The van der Waals surface area contributed by atoms with Gasteiger partial charge in [0, 0.05) is 11.3 Å². The molecule has 0 unspecified atom stereocenters. The van der Waals surface area contributed by atoms with E-state index in [1.54, 1.807) is 0 Å². The van der Waals surface area contributed by atoms with Gasteiger partial charge in [-0.3, -0.25) is 5.41 Å². The van der Waals surface area contributed by atoms with Gasteiger partial charge in [0.25, 0.3) is 0 Å². The van der Waals surface area contributed by atoms with Gasteiger partial charge in [-0.1, -0.05) is 0 Å². The minimum absolute atomic E-state index is 0.0776. The molecule has 0 bridgehead atoms. The van der Waals surface area contributed by atoms with Crippen LogP contribution in [0, 0.1) is 11.2 Å². The minimum Gasteiger partial charge on any atom is -0.477 e. The summed E-state index contributed by atoms with van der Waals surface area (Å²) >= 11 is 0. The predicted molar refractivity (Wildman–Crippen MR) is 45.3 cm³/mol. The van der Waals surface area contributed by atoms with Crippen LogP contribution in [0.15, 0.2) is 18.2 Å². The van der Waals surface area contributed by atoms with E-state index in [0.717, 1.165) is 12.1 Å². The lowest BCUT2D eigenvalue weighted by atomic mass is 10.1. The summed E-state index contributed by atoms with van der Waals surface area (Å²) in [7, 11) is 0. The maximum atomic E-state index is 12.6. The van der Waals surface area contributed by atoms with Crippen LogP contribution in [-0.4, -0.2) is 16.8 Å². The summed E-state index contributed by atoms with van der Waals surface area (Å²) in [5.41, 5.74) is 4.62. The second-order valence-electron chi connectivity index (χ2n) is 2.41. The van der Waals surface area contributed by atoms with Crippen LogP contribution < -0.4 is 5.73 Å². The maximum absolute atomic E-state index is 12.6. The number of hydrogen-bond acceptors (Lipinski definition) is 3. The smallest absolute Gasteiger partial charge is 0.354 e. The van der Waals surface area contributed by atoms with Gasteiger partial charge in [-0.15, -0.1) is 0 Å². The number of benzene rings is 1. The Bertz CT molecular complexity index is 376. The SMILES string of the molecule is N=C(C(=O)O)c1cc(F)ccc1N. The fraction of sp³-hybridized carbons (Fsp3) is 0. The number of nitrogens with two attached hydrogens (primary N) is 1. The van der Waals surface area contributed by atoms with Crippen molar-refractivity contribution in [1.29, 1.82) is 5.41 Å². The Hall–Kier alpha value is -1.91. The normalized spacial score (nSPS) is 9.62. The molecule has 5 heteroatoms. The van der Waals surface area contributed by atoms with Gasteiger partial charge in [-0.2, -0.15) is 0 Å². The molecule has 0 atom stereocenters. The number of carbonyl (C=O) groups is 1. The Morgan fingerprint density at radius 3 is 2.69 bits per heavy atom. The Kier molecular flexibility index (Phi) is 2.27. The van der Waals surface area contributed by atoms with Crippen LogP contribution in [0.2, 0.25) is 0 Å². The minimum atomic E-state index is -1.43. The van der Waals surface area contributed by atoms with Crippen molar-refractivity contribution < 1.29 is 14.3 Å². The van der Waals surface area contributed by atoms with Crippen LogP contribution in [0.4, 0.5) is 10.1 Å². The number of anilines is 1. The molecule has 4 N–H and O–H groups in total. The summed E-state index contributed by atoms with van der Waals surface area (Å²) in [6, 6.07) is 3.25. The average molecular weight is 182 g/mol. The molecule has 0 radical (unpaired) electrons. The third-order valence-electron chi connectivity index (χ3n) is 1.50. The lowest BCUT2D eigenvalue weighted by Gasteiger charge is -2.02. The van der Waals surface area contributed by atoms with E-state index in [-0.39, 0.29) is 11.3 Å². The summed E-state index contributed by atoms with van der Waals surface area (Å²) in [4.78, 5) is 10.4. The Balaban J connectivity index is 3.21. The molecule has 0 amide bonds. The van der Waals surface area contributed by atoms with Crippen molar-refractivity contribution in [2.75, 3.05) is 5.73 Å². The molecule has 0 heterocycles. The largest absolute Gasteiger partial charge is 0.477 e. The lowest BCUT2D eigenvalue weighted by Crippen LogP contribution is -2.14. The molecule has 1 rings (SSSR count). The second-order valence-corrected chi connectivity index (χ2v) is 2.41. The van der Waals surface area contributed by atoms with Gasteiger partial charge < -0.3 is 10.8 Å². The highest BCUT2D eigenvalue weighted by Gasteiger charge is 2.13. The van der Waals surface area contributed by atoms with Gasteiger partial charge in [0.2, 0.25) is 0 Å². The van der Waals surface area contributed by atoms with E-state index < -0.39 is 17.5 Å². The summed E-state index contributed by atoms with van der Waals surface area (Å²) < 4.78 is 12.6. The number of halogens is 1. The summed E-state index contributed by atoms with van der Waals surface area (Å²) in [5.74, 6) is -2.05. The van der Waals surface area contributed by atoms with Crippen LogP contribution in [0.3, 0.4) is 0 Å². The van der Waals surface area contributed by atoms with E-state index in [2.05, 4.69) is 0 Å². The van der Waals surface area contributed by atoms with Crippen molar-refractivity contribution in [2.24, 2.45) is 0 Å². The number of carboxylic acids is 1. The third-order valence-corrected chi connectivity index (χ3v) is 1.50. The van der Waals surface area contributed by atoms with Gasteiger partial charge in [-0.05, 0) is 18.2 Å². The van der Waals surface area contributed by atoms with Crippen molar-refractivity contribution in [3.8, 4) is 0 Å². The van der Waals surface area contributed by atoms with Crippen LogP contribution >= 0.6 is 0 Å². The zero-order valence-electron chi connectivity index (χ0n) is 6.54. The number of nitrogen functional groups attached to an aromatic ring is 1. The van der Waals surface area contributed by atoms with Crippen LogP contribution in [0.1, 0.15) is 5.56 Å². The van der Waals surface area contributed by atoms with E-state index in [1.165, 1.54) is 6.07 Å². The van der Waals surface area contributed by atoms with Crippen molar-refractivity contribution in [1.82, 2.24) is 0 Å².